The second kappa shape index (κ2) is 5.23. The van der Waals surface area contributed by atoms with E-state index in [4.69, 9.17) is 0 Å². The van der Waals surface area contributed by atoms with Gasteiger partial charge in [0, 0.05) is 6.92 Å². The lowest BCUT2D eigenvalue weighted by atomic mass is 10.4. The molecule has 11 heteroatoms. The van der Waals surface area contributed by atoms with Gasteiger partial charge in [0.15, 0.2) is 12.4 Å². The predicted octanol–water partition coefficient (Wildman–Crippen LogP) is -0.936. The molecular weight excluding hydrogens is 284 g/mol. The Balaban J connectivity index is 4.40. The van der Waals surface area contributed by atoms with Crippen molar-refractivity contribution in [3.8, 4) is 0 Å². The summed E-state index contributed by atoms with van der Waals surface area (Å²) in [5.74, 6) is -6.11. The SMILES string of the molecule is CC(F)(F)COC(=O)CS(=O)(=O)NS(C)(=O)=O. The van der Waals surface area contributed by atoms with Gasteiger partial charge in [0.25, 0.3) is 5.92 Å². The van der Waals surface area contributed by atoms with Crippen molar-refractivity contribution in [3.05, 3.63) is 0 Å². The molecule has 102 valence electrons. The zero-order valence-corrected chi connectivity index (χ0v) is 10.6. The fraction of sp³-hybridized carbons (Fsp3) is 0.833. The molecule has 0 aliphatic carbocycles. The van der Waals surface area contributed by atoms with E-state index >= 15 is 0 Å². The van der Waals surface area contributed by atoms with Crippen LogP contribution in [0.15, 0.2) is 0 Å². The Hall–Kier alpha value is -0.810. The molecule has 0 aliphatic rings. The molecule has 0 saturated heterocycles. The van der Waals surface area contributed by atoms with Crippen LogP contribution in [0.3, 0.4) is 0 Å². The molecular formula is C6H11F2NO6S2. The van der Waals surface area contributed by atoms with E-state index in [1.165, 1.54) is 4.13 Å². The van der Waals surface area contributed by atoms with Crippen molar-refractivity contribution in [2.24, 2.45) is 0 Å². The predicted molar refractivity (Wildman–Crippen MR) is 53.3 cm³/mol. The molecule has 0 aromatic carbocycles. The van der Waals surface area contributed by atoms with E-state index in [0.717, 1.165) is 0 Å². The van der Waals surface area contributed by atoms with Crippen LogP contribution >= 0.6 is 0 Å². The molecule has 0 aliphatic heterocycles. The van der Waals surface area contributed by atoms with Gasteiger partial charge in [-0.3, -0.25) is 4.79 Å². The first-order valence-electron chi connectivity index (χ1n) is 4.05. The lowest BCUT2D eigenvalue weighted by Gasteiger charge is -2.10. The van der Waals surface area contributed by atoms with Crippen LogP contribution in [0, 0.1) is 0 Å². The zero-order chi connectivity index (χ0) is 13.9. The van der Waals surface area contributed by atoms with Crippen LogP contribution in [0.1, 0.15) is 6.92 Å². The second-order valence-electron chi connectivity index (χ2n) is 3.35. The molecule has 7 nitrogen and oxygen atoms in total. The van der Waals surface area contributed by atoms with Crippen molar-refractivity contribution in [1.29, 1.82) is 0 Å². The van der Waals surface area contributed by atoms with E-state index in [-0.39, 0.29) is 0 Å². The summed E-state index contributed by atoms with van der Waals surface area (Å²) in [6, 6.07) is 0. The van der Waals surface area contributed by atoms with Crippen LogP contribution < -0.4 is 4.13 Å². The van der Waals surface area contributed by atoms with E-state index in [2.05, 4.69) is 4.74 Å². The molecule has 0 saturated carbocycles. The first kappa shape index (κ1) is 16.2. The summed E-state index contributed by atoms with van der Waals surface area (Å²) in [4.78, 5) is 10.8. The van der Waals surface area contributed by atoms with Gasteiger partial charge in [-0.15, -0.1) is 4.13 Å². The molecule has 1 N–H and O–H groups in total. The maximum Gasteiger partial charge on any atom is 0.322 e. The number of esters is 1. The highest BCUT2D eigenvalue weighted by atomic mass is 32.3. The molecule has 0 heterocycles. The standard InChI is InChI=1S/C6H11F2NO6S2/c1-6(7,8)4-15-5(10)3-17(13,14)9-16(2,11)12/h9H,3-4H2,1-2H3. The molecule has 0 spiro atoms. The van der Waals surface area contributed by atoms with Crippen LogP contribution in [0.5, 0.6) is 0 Å². The van der Waals surface area contributed by atoms with Gasteiger partial charge >= 0.3 is 5.97 Å². The number of carbonyl (C=O) groups excluding carboxylic acids is 1. The van der Waals surface area contributed by atoms with Gasteiger partial charge in [0.2, 0.25) is 20.0 Å². The molecule has 0 aromatic heterocycles. The van der Waals surface area contributed by atoms with Crippen molar-refractivity contribution in [2.45, 2.75) is 12.8 Å². The second-order valence-corrected chi connectivity index (χ2v) is 7.07. The largest absolute Gasteiger partial charge is 0.459 e. The van der Waals surface area contributed by atoms with Crippen molar-refractivity contribution in [1.82, 2.24) is 4.13 Å². The molecule has 0 bridgehead atoms. The monoisotopic (exact) mass is 295 g/mol. The Labute approximate surface area is 97.2 Å². The third kappa shape index (κ3) is 10.1. The van der Waals surface area contributed by atoms with Crippen molar-refractivity contribution < 1.29 is 35.1 Å². The van der Waals surface area contributed by atoms with E-state index in [1.807, 2.05) is 0 Å². The molecule has 17 heavy (non-hydrogen) atoms. The van der Waals surface area contributed by atoms with Gasteiger partial charge < -0.3 is 4.74 Å². The minimum atomic E-state index is -4.46. The van der Waals surface area contributed by atoms with Crippen molar-refractivity contribution in [2.75, 3.05) is 18.6 Å². The molecule has 0 radical (unpaired) electrons. The minimum absolute atomic E-state index is 0.476. The maximum atomic E-state index is 12.2. The first-order chi connectivity index (χ1) is 7.31. The average molecular weight is 295 g/mol. The Bertz CT molecular complexity index is 477. The minimum Gasteiger partial charge on any atom is -0.459 e. The van der Waals surface area contributed by atoms with E-state index in [0.29, 0.717) is 13.2 Å². The van der Waals surface area contributed by atoms with Gasteiger partial charge in [0.05, 0.1) is 6.26 Å². The van der Waals surface area contributed by atoms with Gasteiger partial charge in [-0.1, -0.05) is 0 Å². The lowest BCUT2D eigenvalue weighted by Crippen LogP contribution is -2.35. The van der Waals surface area contributed by atoms with Crippen LogP contribution in [-0.2, 0) is 29.6 Å². The highest BCUT2D eigenvalue weighted by Gasteiger charge is 2.26. The summed E-state index contributed by atoms with van der Waals surface area (Å²) in [6.45, 7) is -0.802. The number of hydrogen-bond donors (Lipinski definition) is 1. The fourth-order valence-electron chi connectivity index (χ4n) is 0.664. The number of hydrogen-bond acceptors (Lipinski definition) is 6. The third-order valence-electron chi connectivity index (χ3n) is 1.07. The summed E-state index contributed by atoms with van der Waals surface area (Å²) in [7, 11) is -8.53. The number of sulfonamides is 2. The lowest BCUT2D eigenvalue weighted by molar-refractivity contribution is -0.150. The highest BCUT2D eigenvalue weighted by molar-refractivity contribution is 8.04. The average Bonchev–Trinajstić information content (AvgIpc) is 1.93. The van der Waals surface area contributed by atoms with Gasteiger partial charge in [-0.2, -0.15) is 0 Å². The zero-order valence-electron chi connectivity index (χ0n) is 8.94. The smallest absolute Gasteiger partial charge is 0.322 e. The summed E-state index contributed by atoms with van der Waals surface area (Å²) in [5, 5.41) is 0. The Morgan fingerprint density at radius 2 is 1.76 bits per heavy atom. The number of rotatable bonds is 6. The Morgan fingerprint density at radius 3 is 2.12 bits per heavy atom. The summed E-state index contributed by atoms with van der Waals surface area (Å²) < 4.78 is 72.8. The number of ether oxygens (including phenoxy) is 1. The number of carbonyl (C=O) groups is 1. The molecule has 0 aromatic rings. The molecule has 0 unspecified atom stereocenters. The van der Waals surface area contributed by atoms with E-state index < -0.39 is 44.3 Å². The van der Waals surface area contributed by atoms with Crippen molar-refractivity contribution >= 4 is 26.0 Å². The third-order valence-corrected chi connectivity index (χ3v) is 3.92. The van der Waals surface area contributed by atoms with E-state index in [1.54, 1.807) is 0 Å². The van der Waals surface area contributed by atoms with E-state index in [9.17, 15) is 30.4 Å². The summed E-state index contributed by atoms with van der Waals surface area (Å²) in [6.07, 6.45) is 0.566. The first-order valence-corrected chi connectivity index (χ1v) is 7.60. The summed E-state index contributed by atoms with van der Waals surface area (Å²) >= 11 is 0. The molecule has 0 atom stereocenters. The Morgan fingerprint density at radius 1 is 1.29 bits per heavy atom. The maximum absolute atomic E-state index is 12.2. The normalized spacial score (nSPS) is 13.4. The van der Waals surface area contributed by atoms with Crippen LogP contribution in [-0.4, -0.2) is 47.3 Å². The number of halogens is 2. The van der Waals surface area contributed by atoms with Crippen LogP contribution in [0.25, 0.3) is 0 Å². The Kier molecular flexibility index (Phi) is 4.98. The van der Waals surface area contributed by atoms with Crippen LogP contribution in [0.4, 0.5) is 8.78 Å². The molecule has 0 amide bonds. The summed E-state index contributed by atoms with van der Waals surface area (Å²) in [5.41, 5.74) is 0. The van der Waals surface area contributed by atoms with Crippen molar-refractivity contribution in [3.63, 3.8) is 0 Å². The van der Waals surface area contributed by atoms with Gasteiger partial charge in [-0.05, 0) is 0 Å². The number of nitrogens with one attached hydrogen (secondary N) is 1. The quantitative estimate of drug-likeness (QED) is 0.634. The van der Waals surface area contributed by atoms with Gasteiger partial charge in [-0.25, -0.2) is 25.6 Å². The highest BCUT2D eigenvalue weighted by Crippen LogP contribution is 2.11. The van der Waals surface area contributed by atoms with Crippen LogP contribution in [0.2, 0.25) is 0 Å². The fourth-order valence-corrected chi connectivity index (χ4v) is 3.14. The number of alkyl halides is 2. The topological polar surface area (TPSA) is 107 Å². The molecule has 0 rings (SSSR count). The molecule has 0 fully saturated rings. The van der Waals surface area contributed by atoms with Gasteiger partial charge in [0.1, 0.15) is 0 Å².